The van der Waals surface area contributed by atoms with Crippen molar-refractivity contribution in [3.8, 4) is 5.75 Å². The lowest BCUT2D eigenvalue weighted by molar-refractivity contribution is -0.139. The summed E-state index contributed by atoms with van der Waals surface area (Å²) in [6.07, 6.45) is 2.52. The van der Waals surface area contributed by atoms with Gasteiger partial charge in [-0.15, -0.1) is 12.4 Å². The van der Waals surface area contributed by atoms with Gasteiger partial charge in [0, 0.05) is 38.6 Å². The van der Waals surface area contributed by atoms with Crippen molar-refractivity contribution in [2.45, 2.75) is 31.7 Å². The lowest BCUT2D eigenvalue weighted by Gasteiger charge is -2.39. The van der Waals surface area contributed by atoms with Crippen molar-refractivity contribution in [3.63, 3.8) is 0 Å². The minimum atomic E-state index is -0.246. The molecule has 37 heavy (non-hydrogen) atoms. The third-order valence-electron chi connectivity index (χ3n) is 8.54. The summed E-state index contributed by atoms with van der Waals surface area (Å²) in [6.45, 7) is 5.69. The van der Waals surface area contributed by atoms with E-state index in [1.165, 1.54) is 12.7 Å². The first kappa shape index (κ1) is 27.3. The van der Waals surface area contributed by atoms with Crippen LogP contribution in [0.25, 0.3) is 0 Å². The monoisotopic (exact) mass is 527 g/mol. The van der Waals surface area contributed by atoms with Gasteiger partial charge in [0.1, 0.15) is 5.75 Å². The van der Waals surface area contributed by atoms with Crippen molar-refractivity contribution < 1.29 is 19.1 Å². The highest BCUT2D eigenvalue weighted by molar-refractivity contribution is 5.85. The number of likely N-dealkylation sites (tertiary alicyclic amines) is 3. The Morgan fingerprint density at radius 3 is 2.27 bits per heavy atom. The number of carbonyl (C=O) groups is 2. The van der Waals surface area contributed by atoms with Crippen LogP contribution in [0.3, 0.4) is 0 Å². The molecule has 0 radical (unpaired) electrons. The predicted octanol–water partition coefficient (Wildman–Crippen LogP) is 4.41. The number of hydrogen-bond acceptors (Lipinski definition) is 5. The molecule has 3 aliphatic rings. The van der Waals surface area contributed by atoms with E-state index in [0.29, 0.717) is 37.4 Å². The van der Waals surface area contributed by atoms with Gasteiger partial charge in [-0.25, -0.2) is 4.79 Å². The van der Waals surface area contributed by atoms with Gasteiger partial charge in [0.2, 0.25) is 5.91 Å². The van der Waals surface area contributed by atoms with Crippen LogP contribution >= 0.6 is 12.4 Å². The Bertz CT molecular complexity index is 1060. The number of rotatable bonds is 6. The fourth-order valence-corrected chi connectivity index (χ4v) is 6.37. The molecule has 7 nitrogen and oxygen atoms in total. The Hall–Kier alpha value is -2.77. The third kappa shape index (κ3) is 5.73. The fourth-order valence-electron chi connectivity index (χ4n) is 6.37. The maximum Gasteiger partial charge on any atom is 0.409 e. The third-order valence-corrected chi connectivity index (χ3v) is 8.54. The Morgan fingerprint density at radius 2 is 1.62 bits per heavy atom. The van der Waals surface area contributed by atoms with Crippen LogP contribution in [0.2, 0.25) is 0 Å². The smallest absolute Gasteiger partial charge is 0.409 e. The second-order valence-electron chi connectivity index (χ2n) is 10.6. The molecule has 3 aliphatic heterocycles. The second kappa shape index (κ2) is 11.7. The first-order valence-corrected chi connectivity index (χ1v) is 13.0. The standard InChI is InChI=1S/C29H37N3O4.ClH/c1-35-25-10-8-22(9-11-25)18-31-17-14-29(27(31)33)12-15-30(16-13-29)19-24-20-32(28(34)36-2)21-26(24)23-6-4-3-5-7-23;/h3-11,24,26H,12-21H2,1-2H3;1H/t24-,26?;/m0./s1. The van der Waals surface area contributed by atoms with E-state index in [4.69, 9.17) is 9.47 Å². The highest BCUT2D eigenvalue weighted by atomic mass is 35.5. The highest BCUT2D eigenvalue weighted by Gasteiger charge is 2.48. The van der Waals surface area contributed by atoms with Crippen LogP contribution in [0.5, 0.6) is 5.75 Å². The summed E-state index contributed by atoms with van der Waals surface area (Å²) in [5, 5.41) is 0. The molecule has 200 valence electrons. The molecule has 1 unspecified atom stereocenters. The molecule has 5 rings (SSSR count). The summed E-state index contributed by atoms with van der Waals surface area (Å²) < 4.78 is 10.3. The number of nitrogens with zero attached hydrogens (tertiary/aromatic N) is 3. The SMILES string of the molecule is COC(=O)N1CC(c2ccccc2)[C@@H](CN2CCC3(CC2)CCN(Cc2ccc(OC)cc2)C3=O)C1.Cl. The normalized spacial score (nSPS) is 23.2. The number of carbonyl (C=O) groups excluding carboxylic acids is 2. The molecule has 2 aromatic carbocycles. The van der Waals surface area contributed by atoms with Crippen molar-refractivity contribution in [3.05, 3.63) is 65.7 Å². The van der Waals surface area contributed by atoms with Gasteiger partial charge in [-0.2, -0.15) is 0 Å². The molecule has 0 N–H and O–H groups in total. The lowest BCUT2D eigenvalue weighted by atomic mass is 9.76. The molecule has 2 aromatic rings. The lowest BCUT2D eigenvalue weighted by Crippen LogP contribution is -2.46. The zero-order chi connectivity index (χ0) is 25.1. The summed E-state index contributed by atoms with van der Waals surface area (Å²) in [5.74, 6) is 1.81. The fraction of sp³-hybridized carbons (Fsp3) is 0.517. The van der Waals surface area contributed by atoms with E-state index < -0.39 is 0 Å². The Kier molecular flexibility index (Phi) is 8.65. The molecule has 0 saturated carbocycles. The number of piperidine rings is 1. The molecule has 8 heteroatoms. The molecule has 3 saturated heterocycles. The number of benzene rings is 2. The van der Waals surface area contributed by atoms with Crippen LogP contribution in [-0.2, 0) is 16.1 Å². The molecule has 3 heterocycles. The second-order valence-corrected chi connectivity index (χ2v) is 10.6. The van der Waals surface area contributed by atoms with Crippen LogP contribution in [0.4, 0.5) is 4.79 Å². The largest absolute Gasteiger partial charge is 0.497 e. The summed E-state index contributed by atoms with van der Waals surface area (Å²) in [6, 6.07) is 18.5. The first-order chi connectivity index (χ1) is 17.5. The van der Waals surface area contributed by atoms with Gasteiger partial charge in [0.25, 0.3) is 0 Å². The van der Waals surface area contributed by atoms with Crippen molar-refractivity contribution in [1.82, 2.24) is 14.7 Å². The Morgan fingerprint density at radius 1 is 0.946 bits per heavy atom. The Labute approximate surface area is 226 Å². The van der Waals surface area contributed by atoms with Crippen molar-refractivity contribution in [1.29, 1.82) is 0 Å². The maximum absolute atomic E-state index is 13.5. The quantitative estimate of drug-likeness (QED) is 0.557. The number of methoxy groups -OCH3 is 2. The number of hydrogen-bond donors (Lipinski definition) is 0. The van der Waals surface area contributed by atoms with E-state index in [0.717, 1.165) is 56.8 Å². The minimum Gasteiger partial charge on any atom is -0.497 e. The summed E-state index contributed by atoms with van der Waals surface area (Å²) >= 11 is 0. The molecule has 0 aliphatic carbocycles. The van der Waals surface area contributed by atoms with Crippen molar-refractivity contribution in [2.75, 3.05) is 53.5 Å². The van der Waals surface area contributed by atoms with Crippen LogP contribution in [0.15, 0.2) is 54.6 Å². The van der Waals surface area contributed by atoms with Gasteiger partial charge in [0.05, 0.1) is 19.6 Å². The molecule has 0 aromatic heterocycles. The van der Waals surface area contributed by atoms with Gasteiger partial charge < -0.3 is 24.2 Å². The molecule has 1 spiro atoms. The topological polar surface area (TPSA) is 62.3 Å². The van der Waals surface area contributed by atoms with Crippen LogP contribution in [-0.4, -0.2) is 80.2 Å². The molecular weight excluding hydrogens is 490 g/mol. The van der Waals surface area contributed by atoms with Crippen LogP contribution < -0.4 is 4.74 Å². The summed E-state index contributed by atoms with van der Waals surface area (Å²) in [7, 11) is 3.12. The van der Waals surface area contributed by atoms with E-state index in [9.17, 15) is 9.59 Å². The highest BCUT2D eigenvalue weighted by Crippen LogP contribution is 2.43. The van der Waals surface area contributed by atoms with Gasteiger partial charge in [-0.05, 0) is 61.5 Å². The van der Waals surface area contributed by atoms with Crippen LogP contribution in [0, 0.1) is 11.3 Å². The van der Waals surface area contributed by atoms with Gasteiger partial charge in [-0.1, -0.05) is 42.5 Å². The molecule has 3 fully saturated rings. The van der Waals surface area contributed by atoms with E-state index in [1.807, 2.05) is 40.1 Å². The van der Waals surface area contributed by atoms with Gasteiger partial charge >= 0.3 is 6.09 Å². The van der Waals surface area contributed by atoms with Gasteiger partial charge in [-0.3, -0.25) is 4.79 Å². The zero-order valence-corrected chi connectivity index (χ0v) is 22.6. The molecular formula is C29H38ClN3O4. The molecule has 2 atom stereocenters. The van der Waals surface area contributed by atoms with E-state index in [2.05, 4.69) is 29.2 Å². The van der Waals surface area contributed by atoms with Crippen molar-refractivity contribution in [2.24, 2.45) is 11.3 Å². The van der Waals surface area contributed by atoms with Crippen LogP contribution in [0.1, 0.15) is 36.3 Å². The average Bonchev–Trinajstić information content (AvgIpc) is 3.47. The van der Waals surface area contributed by atoms with Gasteiger partial charge in [0.15, 0.2) is 0 Å². The average molecular weight is 528 g/mol. The van der Waals surface area contributed by atoms with Crippen molar-refractivity contribution >= 4 is 24.4 Å². The minimum absolute atomic E-state index is 0. The number of halogens is 1. The number of amides is 2. The molecule has 2 amide bonds. The van der Waals surface area contributed by atoms with E-state index in [-0.39, 0.29) is 23.9 Å². The predicted molar refractivity (Wildman–Crippen MR) is 145 cm³/mol. The summed E-state index contributed by atoms with van der Waals surface area (Å²) in [5.41, 5.74) is 2.21. The summed E-state index contributed by atoms with van der Waals surface area (Å²) in [4.78, 5) is 32.1. The maximum atomic E-state index is 13.5. The zero-order valence-electron chi connectivity index (χ0n) is 21.8. The van der Waals surface area contributed by atoms with E-state index >= 15 is 0 Å². The first-order valence-electron chi connectivity index (χ1n) is 13.0. The number of ether oxygens (including phenoxy) is 2. The molecule has 0 bridgehead atoms. The van der Waals surface area contributed by atoms with E-state index in [1.54, 1.807) is 7.11 Å². The Balaban J connectivity index is 0.00000320.